The third-order valence-electron chi connectivity index (χ3n) is 6.86. The van der Waals surface area contributed by atoms with Crippen LogP contribution in [0.15, 0.2) is 53.5 Å². The number of aromatic amines is 1. The van der Waals surface area contributed by atoms with Gasteiger partial charge in [-0.2, -0.15) is 4.98 Å². The first-order valence-electron chi connectivity index (χ1n) is 13.5. The molecule has 0 aliphatic carbocycles. The molecule has 0 spiro atoms. The lowest BCUT2D eigenvalue weighted by molar-refractivity contribution is 0.618. The molecule has 1 atom stereocenters. The van der Waals surface area contributed by atoms with Crippen molar-refractivity contribution in [3.05, 3.63) is 81.1 Å². The first kappa shape index (κ1) is 28.5. The first-order valence-corrected chi connectivity index (χ1v) is 13.9. The summed E-state index contributed by atoms with van der Waals surface area (Å²) in [7, 11) is 0. The number of unbranched alkanes of at least 4 members (excludes halogenated alkanes) is 3. The fourth-order valence-corrected chi connectivity index (χ4v) is 5.04. The molecule has 0 saturated carbocycles. The monoisotopic (exact) mass is 550 g/mol. The maximum atomic E-state index is 15.0. The van der Waals surface area contributed by atoms with Gasteiger partial charge in [0.05, 0.1) is 22.2 Å². The maximum Gasteiger partial charge on any atom is 0.354 e. The summed E-state index contributed by atoms with van der Waals surface area (Å²) in [5.74, 6) is -0.271. The summed E-state index contributed by atoms with van der Waals surface area (Å²) in [5.41, 5.74) is 14.9. The summed E-state index contributed by atoms with van der Waals surface area (Å²) in [6, 6.07) is 13.2. The quantitative estimate of drug-likeness (QED) is 0.0888. The average molecular weight is 551 g/mol. The lowest BCUT2D eigenvalue weighted by Gasteiger charge is -2.09. The molecular formula is C30H36ClFN6O. The third-order valence-corrected chi connectivity index (χ3v) is 7.14. The number of aromatic nitrogens is 3. The largest absolute Gasteiger partial charge is 0.388 e. The minimum Gasteiger partial charge on any atom is -0.388 e. The summed E-state index contributed by atoms with van der Waals surface area (Å²) in [6.45, 7) is 1.97. The highest BCUT2D eigenvalue weighted by molar-refractivity contribution is 6.31. The van der Waals surface area contributed by atoms with Gasteiger partial charge >= 0.3 is 5.69 Å². The molecule has 0 amide bonds. The second-order valence-corrected chi connectivity index (χ2v) is 10.7. The van der Waals surface area contributed by atoms with Gasteiger partial charge in [0.25, 0.3) is 0 Å². The standard InChI is InChI=1S/C30H36ClFN6O/c1-19(33)8-6-11-21-15-24(28(32)25(31)16-21)26-17-22-18-38(30(39)37-29(22)36-26)23-12-7-10-20(14-23)9-4-2-3-5-13-27(34)35/h7,10,12,14-19H,2-6,8-9,11,13,33H2,1H3,(H3,34,35)(H,36,37,39)/t19-/m0/s1. The predicted molar refractivity (Wildman–Crippen MR) is 157 cm³/mol. The number of rotatable bonds is 13. The Labute approximate surface area is 232 Å². The van der Waals surface area contributed by atoms with Gasteiger partial charge in [-0.05, 0) is 86.9 Å². The molecule has 39 heavy (non-hydrogen) atoms. The normalized spacial score (nSPS) is 12.2. The van der Waals surface area contributed by atoms with Crippen LogP contribution in [0.25, 0.3) is 28.0 Å². The second-order valence-electron chi connectivity index (χ2n) is 10.3. The zero-order valence-corrected chi connectivity index (χ0v) is 23.0. The van der Waals surface area contributed by atoms with Crippen molar-refractivity contribution < 1.29 is 4.39 Å². The number of nitrogens with two attached hydrogens (primary N) is 2. The summed E-state index contributed by atoms with van der Waals surface area (Å²) < 4.78 is 16.6. The van der Waals surface area contributed by atoms with E-state index in [4.69, 9.17) is 28.5 Å². The summed E-state index contributed by atoms with van der Waals surface area (Å²) in [4.78, 5) is 20.3. The molecule has 0 radical (unpaired) electrons. The van der Waals surface area contributed by atoms with Crippen LogP contribution in [0.1, 0.15) is 63.0 Å². The van der Waals surface area contributed by atoms with Crippen LogP contribution in [0, 0.1) is 11.2 Å². The lowest BCUT2D eigenvalue weighted by atomic mass is 10.0. The molecule has 0 aliphatic heterocycles. The molecule has 4 aromatic rings. The van der Waals surface area contributed by atoms with Crippen LogP contribution < -0.4 is 17.2 Å². The van der Waals surface area contributed by atoms with Crippen LogP contribution >= 0.6 is 11.6 Å². The third kappa shape index (κ3) is 7.55. The maximum absolute atomic E-state index is 15.0. The smallest absolute Gasteiger partial charge is 0.354 e. The Morgan fingerprint density at radius 1 is 1.10 bits per heavy atom. The minimum atomic E-state index is -0.511. The van der Waals surface area contributed by atoms with Crippen molar-refractivity contribution in [3.8, 4) is 16.9 Å². The fourth-order valence-electron chi connectivity index (χ4n) is 4.80. The van der Waals surface area contributed by atoms with E-state index in [1.54, 1.807) is 24.4 Å². The zero-order valence-electron chi connectivity index (χ0n) is 22.3. The van der Waals surface area contributed by atoms with Gasteiger partial charge in [0.1, 0.15) is 5.65 Å². The van der Waals surface area contributed by atoms with Gasteiger partial charge in [0.15, 0.2) is 5.82 Å². The zero-order chi connectivity index (χ0) is 27.9. The summed E-state index contributed by atoms with van der Waals surface area (Å²) in [6.07, 6.45) is 9.82. The van der Waals surface area contributed by atoms with Gasteiger partial charge in [-0.1, -0.05) is 36.6 Å². The number of H-pyrrole nitrogens is 1. The van der Waals surface area contributed by atoms with Crippen molar-refractivity contribution >= 4 is 28.5 Å². The van der Waals surface area contributed by atoms with E-state index in [1.165, 1.54) is 4.57 Å². The molecule has 4 rings (SSSR count). The highest BCUT2D eigenvalue weighted by atomic mass is 35.5. The fraction of sp³-hybridized carbons (Fsp3) is 0.367. The molecule has 2 heterocycles. The number of aryl methyl sites for hydroxylation is 2. The number of benzene rings is 2. The van der Waals surface area contributed by atoms with Crippen molar-refractivity contribution in [2.24, 2.45) is 11.5 Å². The van der Waals surface area contributed by atoms with E-state index in [0.29, 0.717) is 28.7 Å². The Morgan fingerprint density at radius 2 is 1.87 bits per heavy atom. The van der Waals surface area contributed by atoms with Gasteiger partial charge in [-0.3, -0.25) is 9.98 Å². The average Bonchev–Trinajstić information content (AvgIpc) is 3.30. The van der Waals surface area contributed by atoms with Crippen molar-refractivity contribution in [2.75, 3.05) is 0 Å². The SMILES string of the molecule is C[C@H](N)CCCc1cc(Cl)c(F)c(-c2cc3cn(-c4cccc(CCCCCCC(=N)N)c4)c(=O)nc3[nH]2)c1. The lowest BCUT2D eigenvalue weighted by Crippen LogP contribution is -2.20. The number of nitrogens with one attached hydrogen (secondary N) is 2. The molecule has 0 unspecified atom stereocenters. The minimum absolute atomic E-state index is 0.0603. The van der Waals surface area contributed by atoms with Crippen molar-refractivity contribution in [3.63, 3.8) is 0 Å². The van der Waals surface area contributed by atoms with Gasteiger partial charge in [0, 0.05) is 29.6 Å². The molecule has 9 heteroatoms. The molecule has 0 bridgehead atoms. The van der Waals surface area contributed by atoms with E-state index < -0.39 is 11.5 Å². The van der Waals surface area contributed by atoms with E-state index in [2.05, 4.69) is 16.0 Å². The Morgan fingerprint density at radius 3 is 2.64 bits per heavy atom. The van der Waals surface area contributed by atoms with Crippen LogP contribution in [0.4, 0.5) is 4.39 Å². The number of nitrogens with zero attached hydrogens (tertiary/aromatic N) is 2. The molecular weight excluding hydrogens is 515 g/mol. The number of halogens is 2. The second kappa shape index (κ2) is 13.0. The Kier molecular flexibility index (Phi) is 9.54. The van der Waals surface area contributed by atoms with Crippen molar-refractivity contribution in [2.45, 2.75) is 70.8 Å². The molecule has 2 aromatic carbocycles. The summed E-state index contributed by atoms with van der Waals surface area (Å²) in [5, 5.41) is 8.06. The number of hydrogen-bond donors (Lipinski definition) is 4. The first-order chi connectivity index (χ1) is 18.7. The van der Waals surface area contributed by atoms with Gasteiger partial charge in [0.2, 0.25) is 0 Å². The predicted octanol–water partition coefficient (Wildman–Crippen LogP) is 6.27. The van der Waals surface area contributed by atoms with Crippen LogP contribution in [-0.4, -0.2) is 26.4 Å². The Bertz CT molecular complexity index is 1510. The van der Waals surface area contributed by atoms with Gasteiger partial charge < -0.3 is 16.5 Å². The highest BCUT2D eigenvalue weighted by Crippen LogP contribution is 2.31. The molecule has 7 nitrogen and oxygen atoms in total. The molecule has 2 aromatic heterocycles. The number of amidine groups is 1. The molecule has 206 valence electrons. The molecule has 6 N–H and O–H groups in total. The molecule has 0 saturated heterocycles. The molecule has 0 aliphatic rings. The van der Waals surface area contributed by atoms with E-state index in [-0.39, 0.29) is 16.9 Å². The van der Waals surface area contributed by atoms with E-state index in [1.807, 2.05) is 25.1 Å². The van der Waals surface area contributed by atoms with Crippen LogP contribution in [-0.2, 0) is 12.8 Å². The topological polar surface area (TPSA) is 127 Å². The van der Waals surface area contributed by atoms with Gasteiger partial charge in [-0.15, -0.1) is 0 Å². The highest BCUT2D eigenvalue weighted by Gasteiger charge is 2.15. The summed E-state index contributed by atoms with van der Waals surface area (Å²) >= 11 is 6.23. The van der Waals surface area contributed by atoms with E-state index >= 15 is 4.39 Å². The van der Waals surface area contributed by atoms with Gasteiger partial charge in [-0.25, -0.2) is 9.18 Å². The Hall–Kier alpha value is -3.49. The van der Waals surface area contributed by atoms with Crippen LogP contribution in [0.5, 0.6) is 0 Å². The number of hydrogen-bond acceptors (Lipinski definition) is 4. The molecule has 0 fully saturated rings. The number of fused-ring (bicyclic) bond motifs is 1. The van der Waals surface area contributed by atoms with Crippen LogP contribution in [0.2, 0.25) is 5.02 Å². The van der Waals surface area contributed by atoms with Crippen molar-refractivity contribution in [1.82, 2.24) is 14.5 Å². The van der Waals surface area contributed by atoms with E-state index in [9.17, 15) is 4.79 Å². The van der Waals surface area contributed by atoms with Crippen LogP contribution in [0.3, 0.4) is 0 Å². The Balaban J connectivity index is 1.54. The van der Waals surface area contributed by atoms with E-state index in [0.717, 1.165) is 68.2 Å². The van der Waals surface area contributed by atoms with Crippen molar-refractivity contribution in [1.29, 1.82) is 5.41 Å².